The van der Waals surface area contributed by atoms with Crippen molar-refractivity contribution in [3.05, 3.63) is 47.8 Å². The second-order valence-corrected chi connectivity index (χ2v) is 9.00. The van der Waals surface area contributed by atoms with E-state index in [4.69, 9.17) is 14.2 Å². The number of pyridine rings is 1. The number of hydrogen-bond donors (Lipinski definition) is 1. The van der Waals surface area contributed by atoms with Gasteiger partial charge in [-0.3, -0.25) is 4.98 Å². The van der Waals surface area contributed by atoms with Gasteiger partial charge in [-0.05, 0) is 44.4 Å². The van der Waals surface area contributed by atoms with Gasteiger partial charge in [0.25, 0.3) is 0 Å². The number of thioether (sulfide) groups is 1. The molecule has 3 heterocycles. The van der Waals surface area contributed by atoms with Gasteiger partial charge in [0.15, 0.2) is 10.9 Å². The molecular weight excluding hydrogens is 398 g/mol. The molecule has 2 aliphatic rings. The van der Waals surface area contributed by atoms with E-state index in [9.17, 15) is 0 Å². The largest absolute Gasteiger partial charge is 0.493 e. The van der Waals surface area contributed by atoms with E-state index in [1.54, 1.807) is 11.8 Å². The summed E-state index contributed by atoms with van der Waals surface area (Å²) < 4.78 is 18.0. The minimum Gasteiger partial charge on any atom is -0.493 e. The van der Waals surface area contributed by atoms with Crippen LogP contribution in [-0.4, -0.2) is 40.1 Å². The Balaban J connectivity index is 1.11. The number of H-pyrrole nitrogens is 1. The number of ether oxygens (including phenoxy) is 3. The molecule has 1 spiro atoms. The molecule has 2 fully saturated rings. The van der Waals surface area contributed by atoms with Crippen molar-refractivity contribution < 1.29 is 14.2 Å². The van der Waals surface area contributed by atoms with Crippen LogP contribution in [0.3, 0.4) is 0 Å². The molecule has 1 atom stereocenters. The van der Waals surface area contributed by atoms with Crippen LogP contribution in [0.5, 0.6) is 5.75 Å². The number of nitrogens with one attached hydrogen (secondary N) is 1. The standard InChI is InChI=1S/C23H27N3O3S/c1-16-20(15-30-22-25-18-7-2-3-8-19(18)26-22)24-12-9-21(16)27-13-4-6-17-14-28-23(29-17)10-5-11-23/h2-3,7-9,12,17H,4-6,10-11,13-15H2,1H3,(H,25,26). The van der Waals surface area contributed by atoms with Crippen molar-refractivity contribution in [2.75, 3.05) is 13.2 Å². The molecule has 30 heavy (non-hydrogen) atoms. The van der Waals surface area contributed by atoms with Gasteiger partial charge in [0, 0.05) is 30.4 Å². The van der Waals surface area contributed by atoms with E-state index in [2.05, 4.69) is 21.9 Å². The Bertz CT molecular complexity index is 985. The molecule has 1 aromatic carbocycles. The summed E-state index contributed by atoms with van der Waals surface area (Å²) >= 11 is 1.66. The van der Waals surface area contributed by atoms with E-state index >= 15 is 0 Å². The van der Waals surface area contributed by atoms with Gasteiger partial charge < -0.3 is 19.2 Å². The van der Waals surface area contributed by atoms with Gasteiger partial charge in [0.05, 0.1) is 36.0 Å². The van der Waals surface area contributed by atoms with Gasteiger partial charge in [-0.1, -0.05) is 23.9 Å². The number of nitrogens with zero attached hydrogens (tertiary/aromatic N) is 2. The monoisotopic (exact) mass is 425 g/mol. The first-order chi connectivity index (χ1) is 14.7. The maximum atomic E-state index is 6.08. The highest BCUT2D eigenvalue weighted by atomic mass is 32.2. The molecule has 5 rings (SSSR count). The number of fused-ring (bicyclic) bond motifs is 1. The molecule has 2 aromatic heterocycles. The third-order valence-electron chi connectivity index (χ3n) is 5.93. The van der Waals surface area contributed by atoms with Crippen LogP contribution in [0.25, 0.3) is 11.0 Å². The molecular formula is C23H27N3O3S. The van der Waals surface area contributed by atoms with Crippen molar-refractivity contribution in [2.24, 2.45) is 0 Å². The first kappa shape index (κ1) is 19.8. The van der Waals surface area contributed by atoms with Crippen LogP contribution >= 0.6 is 11.8 Å². The highest BCUT2D eigenvalue weighted by molar-refractivity contribution is 7.98. The van der Waals surface area contributed by atoms with Crippen molar-refractivity contribution in [1.29, 1.82) is 0 Å². The van der Waals surface area contributed by atoms with Crippen molar-refractivity contribution >= 4 is 22.8 Å². The minimum atomic E-state index is -0.236. The van der Waals surface area contributed by atoms with Crippen LogP contribution in [0, 0.1) is 6.92 Å². The second-order valence-electron chi connectivity index (χ2n) is 8.03. The SMILES string of the molecule is Cc1c(OCCCC2COC3(CCC3)O2)ccnc1CSc1nc2ccccc2[nH]1. The average molecular weight is 426 g/mol. The molecule has 6 nitrogen and oxygen atoms in total. The van der Waals surface area contributed by atoms with E-state index in [1.165, 1.54) is 6.42 Å². The number of aromatic amines is 1. The smallest absolute Gasteiger partial charge is 0.168 e. The van der Waals surface area contributed by atoms with Gasteiger partial charge in [-0.15, -0.1) is 0 Å². The normalized spacial score (nSPS) is 20.0. The van der Waals surface area contributed by atoms with Crippen molar-refractivity contribution in [2.45, 2.75) is 61.8 Å². The molecule has 0 radical (unpaired) electrons. The Kier molecular flexibility index (Phi) is 5.67. The summed E-state index contributed by atoms with van der Waals surface area (Å²) in [6.07, 6.45) is 7.27. The Morgan fingerprint density at radius 2 is 2.17 bits per heavy atom. The Morgan fingerprint density at radius 1 is 1.27 bits per heavy atom. The lowest BCUT2D eigenvalue weighted by molar-refractivity contribution is -0.216. The molecule has 1 saturated heterocycles. The van der Waals surface area contributed by atoms with Gasteiger partial charge in [0.2, 0.25) is 0 Å². The number of hydrogen-bond acceptors (Lipinski definition) is 6. The highest BCUT2D eigenvalue weighted by Crippen LogP contribution is 2.42. The van der Waals surface area contributed by atoms with Crippen molar-refractivity contribution in [1.82, 2.24) is 15.0 Å². The van der Waals surface area contributed by atoms with Crippen LogP contribution in [0.1, 0.15) is 43.4 Å². The Labute approximate surface area is 180 Å². The summed E-state index contributed by atoms with van der Waals surface area (Å²) in [5.41, 5.74) is 4.16. The third-order valence-corrected chi connectivity index (χ3v) is 6.81. The summed E-state index contributed by atoms with van der Waals surface area (Å²) in [5.74, 6) is 1.42. The van der Waals surface area contributed by atoms with Crippen LogP contribution < -0.4 is 4.74 Å². The van der Waals surface area contributed by atoms with Gasteiger partial charge in [-0.25, -0.2) is 4.98 Å². The molecule has 1 saturated carbocycles. The summed E-state index contributed by atoms with van der Waals surface area (Å²) in [4.78, 5) is 12.5. The van der Waals surface area contributed by atoms with E-state index in [-0.39, 0.29) is 11.9 Å². The lowest BCUT2D eigenvalue weighted by Gasteiger charge is -2.36. The van der Waals surface area contributed by atoms with Gasteiger partial charge in [-0.2, -0.15) is 0 Å². The minimum absolute atomic E-state index is 0.211. The van der Waals surface area contributed by atoms with E-state index < -0.39 is 0 Å². The second kappa shape index (κ2) is 8.57. The van der Waals surface area contributed by atoms with Crippen LogP contribution in [0.2, 0.25) is 0 Å². The first-order valence-electron chi connectivity index (χ1n) is 10.7. The summed E-state index contributed by atoms with van der Waals surface area (Å²) in [7, 11) is 0. The fourth-order valence-electron chi connectivity index (χ4n) is 3.97. The highest BCUT2D eigenvalue weighted by Gasteiger charge is 2.46. The van der Waals surface area contributed by atoms with Crippen LogP contribution in [0.15, 0.2) is 41.7 Å². The fraction of sp³-hybridized carbons (Fsp3) is 0.478. The average Bonchev–Trinajstić information content (AvgIpc) is 3.35. The van der Waals surface area contributed by atoms with E-state index in [1.807, 2.05) is 36.5 Å². The molecule has 3 aromatic rings. The Morgan fingerprint density at radius 3 is 2.97 bits per heavy atom. The molecule has 1 aliphatic heterocycles. The van der Waals surface area contributed by atoms with Crippen LogP contribution in [-0.2, 0) is 15.2 Å². The zero-order valence-corrected chi connectivity index (χ0v) is 18.0. The summed E-state index contributed by atoms with van der Waals surface area (Å²) in [5, 5.41) is 0.909. The summed E-state index contributed by atoms with van der Waals surface area (Å²) in [6.45, 7) is 3.47. The predicted octanol–water partition coefficient (Wildman–Crippen LogP) is 5.01. The molecule has 1 unspecified atom stereocenters. The lowest BCUT2D eigenvalue weighted by atomic mass is 9.91. The number of aromatic nitrogens is 3. The zero-order chi connectivity index (χ0) is 20.4. The molecule has 7 heteroatoms. The maximum absolute atomic E-state index is 6.08. The number of para-hydroxylation sites is 2. The van der Waals surface area contributed by atoms with Crippen molar-refractivity contribution in [3.63, 3.8) is 0 Å². The van der Waals surface area contributed by atoms with E-state index in [0.717, 1.165) is 71.2 Å². The fourth-order valence-corrected chi connectivity index (χ4v) is 4.88. The topological polar surface area (TPSA) is 69.3 Å². The number of rotatable bonds is 8. The van der Waals surface area contributed by atoms with Gasteiger partial charge >= 0.3 is 0 Å². The van der Waals surface area contributed by atoms with Gasteiger partial charge in [0.1, 0.15) is 5.75 Å². The molecule has 1 aliphatic carbocycles. The van der Waals surface area contributed by atoms with Crippen molar-refractivity contribution in [3.8, 4) is 5.75 Å². The molecule has 0 bridgehead atoms. The molecule has 158 valence electrons. The Hall–Kier alpha value is -2.09. The first-order valence-corrected chi connectivity index (χ1v) is 11.7. The number of benzene rings is 1. The quantitative estimate of drug-likeness (QED) is 0.404. The van der Waals surface area contributed by atoms with E-state index in [0.29, 0.717) is 6.61 Å². The zero-order valence-electron chi connectivity index (χ0n) is 17.2. The molecule has 0 amide bonds. The number of imidazole rings is 1. The molecule has 1 N–H and O–H groups in total. The third kappa shape index (κ3) is 4.19. The van der Waals surface area contributed by atoms with Crippen LogP contribution in [0.4, 0.5) is 0 Å². The maximum Gasteiger partial charge on any atom is 0.168 e. The lowest BCUT2D eigenvalue weighted by Crippen LogP contribution is -2.38. The predicted molar refractivity (Wildman–Crippen MR) is 117 cm³/mol. The summed E-state index contributed by atoms with van der Waals surface area (Å²) in [6, 6.07) is 10.0.